The molecule has 5 aromatic rings. The van der Waals surface area contributed by atoms with Crippen molar-refractivity contribution in [2.75, 3.05) is 0 Å². The summed E-state index contributed by atoms with van der Waals surface area (Å²) in [5.41, 5.74) is 3.71. The molecule has 0 unspecified atom stereocenters. The van der Waals surface area contributed by atoms with E-state index in [0.717, 1.165) is 34.3 Å². The van der Waals surface area contributed by atoms with Crippen molar-refractivity contribution in [3.05, 3.63) is 105 Å². The molecule has 0 aliphatic carbocycles. The van der Waals surface area contributed by atoms with Crippen LogP contribution in [0.2, 0.25) is 0 Å². The summed E-state index contributed by atoms with van der Waals surface area (Å²) < 4.78 is 3.90. The van der Waals surface area contributed by atoms with Crippen LogP contribution in [0.5, 0.6) is 0 Å². The van der Waals surface area contributed by atoms with Gasteiger partial charge in [0.05, 0.1) is 0 Å². The maximum absolute atomic E-state index is 4.61. The van der Waals surface area contributed by atoms with E-state index in [1.54, 1.807) is 18.6 Å². The third-order valence-corrected chi connectivity index (χ3v) is 4.50. The smallest absolute Gasteiger partial charge is 0.158 e. The van der Waals surface area contributed by atoms with Crippen molar-refractivity contribution in [2.45, 2.75) is 0 Å². The van der Waals surface area contributed by atoms with E-state index in [9.17, 15) is 0 Å². The fraction of sp³-hybridized carbons (Fsp3) is 0.0800. The van der Waals surface area contributed by atoms with Crippen molar-refractivity contribution in [3.8, 4) is 34.3 Å². The van der Waals surface area contributed by atoms with Crippen LogP contribution in [0.1, 0.15) is 0 Å². The Hall–Kier alpha value is -3.41. The van der Waals surface area contributed by atoms with Gasteiger partial charge in [-0.1, -0.05) is 18.2 Å². The van der Waals surface area contributed by atoms with Gasteiger partial charge in [0.25, 0.3) is 0 Å². The van der Waals surface area contributed by atoms with E-state index in [4.69, 9.17) is 0 Å². The molecule has 0 amide bonds. The van der Waals surface area contributed by atoms with Gasteiger partial charge in [-0.2, -0.15) is 0 Å². The van der Waals surface area contributed by atoms with Gasteiger partial charge in [0.2, 0.25) is 0 Å². The topological polar surface area (TPSA) is 61.4 Å². The minimum absolute atomic E-state index is 0. The first-order chi connectivity index (χ1) is 14.7. The number of aryl methyl sites for hydroxylation is 2. The number of pyridine rings is 2. The molecule has 0 aliphatic heterocycles. The van der Waals surface area contributed by atoms with Gasteiger partial charge < -0.3 is 21.5 Å². The molecule has 165 valence electrons. The number of hydrogen-bond acceptors (Lipinski definition) is 4. The monoisotopic (exact) mass is 601 g/mol. The standard InChI is InChI=1S/C13H13N5.C11H8N.CH3.Ir/c1-17-8-6-14-12(17)10-4-3-5-11(16-10)13-15-7-9-18(13)2;1-2-6-10(7-3-1)11-8-4-5-9-12-11;;/h3-9H,1-2H3;1-6,8-9H;1H3;/q;2*-1;. The SMILES string of the molecule is Cn1ccnc1-c1cccc(-c2nccn2C)n1.[CH3-].[Ir].[c-]1ccccc1-c1ccccn1. The Balaban J connectivity index is 0.000000229. The van der Waals surface area contributed by atoms with Crippen LogP contribution in [0, 0.1) is 13.5 Å². The fourth-order valence-corrected chi connectivity index (χ4v) is 2.98. The van der Waals surface area contributed by atoms with Gasteiger partial charge in [-0.05, 0) is 23.9 Å². The molecular formula is C25H24IrN6-2. The Bertz CT molecular complexity index is 1120. The van der Waals surface area contributed by atoms with E-state index in [-0.39, 0.29) is 27.5 Å². The molecule has 5 rings (SSSR count). The molecule has 0 aliphatic rings. The normalized spacial score (nSPS) is 9.69. The summed E-state index contributed by atoms with van der Waals surface area (Å²) in [7, 11) is 3.91. The molecule has 6 nitrogen and oxygen atoms in total. The first-order valence-electron chi connectivity index (χ1n) is 9.53. The summed E-state index contributed by atoms with van der Waals surface area (Å²) in [6, 6.07) is 22.7. The molecule has 0 saturated carbocycles. The number of aromatic nitrogens is 6. The van der Waals surface area contributed by atoms with Crippen LogP contribution in [-0.4, -0.2) is 29.1 Å². The van der Waals surface area contributed by atoms with Crippen molar-refractivity contribution in [2.24, 2.45) is 14.1 Å². The van der Waals surface area contributed by atoms with Gasteiger partial charge in [-0.3, -0.25) is 0 Å². The third kappa shape index (κ3) is 5.84. The van der Waals surface area contributed by atoms with Crippen LogP contribution < -0.4 is 0 Å². The zero-order valence-electron chi connectivity index (χ0n) is 18.2. The van der Waals surface area contributed by atoms with Crippen molar-refractivity contribution in [1.29, 1.82) is 0 Å². The van der Waals surface area contributed by atoms with Crippen LogP contribution in [0.25, 0.3) is 34.3 Å². The average molecular weight is 601 g/mol. The second kappa shape index (κ2) is 11.8. The second-order valence-corrected chi connectivity index (χ2v) is 6.62. The van der Waals surface area contributed by atoms with Gasteiger partial charge >= 0.3 is 0 Å². The van der Waals surface area contributed by atoms with Crippen molar-refractivity contribution in [1.82, 2.24) is 29.1 Å². The van der Waals surface area contributed by atoms with E-state index in [2.05, 4.69) is 26.0 Å². The van der Waals surface area contributed by atoms with Crippen LogP contribution in [0.15, 0.2) is 91.6 Å². The molecular weight excluding hydrogens is 577 g/mol. The van der Waals surface area contributed by atoms with Crippen molar-refractivity contribution >= 4 is 0 Å². The average Bonchev–Trinajstić information content (AvgIpc) is 3.43. The summed E-state index contributed by atoms with van der Waals surface area (Å²) >= 11 is 0. The Morgan fingerprint density at radius 2 is 1.25 bits per heavy atom. The van der Waals surface area contributed by atoms with Gasteiger partial charge in [0, 0.05) is 65.2 Å². The molecule has 4 aromatic heterocycles. The van der Waals surface area contributed by atoms with E-state index >= 15 is 0 Å². The molecule has 0 spiro atoms. The van der Waals surface area contributed by atoms with E-state index in [1.165, 1.54) is 0 Å². The molecule has 4 heterocycles. The van der Waals surface area contributed by atoms with Crippen LogP contribution in [0.3, 0.4) is 0 Å². The third-order valence-electron chi connectivity index (χ3n) is 4.50. The maximum atomic E-state index is 4.61. The summed E-state index contributed by atoms with van der Waals surface area (Å²) in [6.45, 7) is 0. The Morgan fingerprint density at radius 3 is 1.72 bits per heavy atom. The fourth-order valence-electron chi connectivity index (χ4n) is 2.98. The molecule has 32 heavy (non-hydrogen) atoms. The first kappa shape index (κ1) is 24.9. The first-order valence-corrected chi connectivity index (χ1v) is 9.53. The van der Waals surface area contributed by atoms with Crippen LogP contribution in [-0.2, 0) is 34.2 Å². The van der Waals surface area contributed by atoms with Crippen molar-refractivity contribution < 1.29 is 20.1 Å². The number of benzene rings is 1. The van der Waals surface area contributed by atoms with E-state index in [0.29, 0.717) is 0 Å². The van der Waals surface area contributed by atoms with Gasteiger partial charge in [0.15, 0.2) is 11.6 Å². The largest absolute Gasteiger partial charge is 0.358 e. The molecule has 0 fully saturated rings. The minimum atomic E-state index is 0. The van der Waals surface area contributed by atoms with Gasteiger partial charge in [-0.25, -0.2) is 15.0 Å². The minimum Gasteiger partial charge on any atom is -0.358 e. The number of imidazole rings is 2. The molecule has 0 saturated heterocycles. The van der Waals surface area contributed by atoms with E-state index in [1.807, 2.05) is 96.3 Å². The Labute approximate surface area is 202 Å². The molecule has 0 bridgehead atoms. The number of nitrogens with zero attached hydrogens (tertiary/aromatic N) is 6. The van der Waals surface area contributed by atoms with Crippen LogP contribution in [0.4, 0.5) is 0 Å². The quantitative estimate of drug-likeness (QED) is 0.277. The molecule has 0 N–H and O–H groups in total. The molecule has 1 radical (unpaired) electrons. The van der Waals surface area contributed by atoms with Crippen LogP contribution >= 0.6 is 0 Å². The Morgan fingerprint density at radius 1 is 0.656 bits per heavy atom. The summed E-state index contributed by atoms with van der Waals surface area (Å²) in [5, 5.41) is 0. The summed E-state index contributed by atoms with van der Waals surface area (Å²) in [5.74, 6) is 1.71. The molecule has 7 heteroatoms. The Kier molecular flexibility index (Phi) is 9.20. The summed E-state index contributed by atoms with van der Waals surface area (Å²) in [4.78, 5) is 17.4. The predicted octanol–water partition coefficient (Wildman–Crippen LogP) is 4.88. The zero-order chi connectivity index (χ0) is 20.8. The predicted molar refractivity (Wildman–Crippen MR) is 124 cm³/mol. The molecule has 0 atom stereocenters. The molecule has 1 aromatic carbocycles. The second-order valence-electron chi connectivity index (χ2n) is 6.62. The number of rotatable bonds is 3. The van der Waals surface area contributed by atoms with Gasteiger partial charge in [-0.15, -0.1) is 35.9 Å². The number of hydrogen-bond donors (Lipinski definition) is 0. The maximum Gasteiger partial charge on any atom is 0.158 e. The summed E-state index contributed by atoms with van der Waals surface area (Å²) in [6.07, 6.45) is 9.14. The van der Waals surface area contributed by atoms with E-state index < -0.39 is 0 Å². The van der Waals surface area contributed by atoms with Crippen molar-refractivity contribution in [3.63, 3.8) is 0 Å². The zero-order valence-corrected chi connectivity index (χ0v) is 20.6. The van der Waals surface area contributed by atoms with Gasteiger partial charge in [0.1, 0.15) is 11.4 Å².